The molecular formula is C23H30IN5O. The fraction of sp³-hybridized carbons (Fsp3) is 0.391. The van der Waals surface area contributed by atoms with Crippen LogP contribution in [-0.4, -0.2) is 34.9 Å². The van der Waals surface area contributed by atoms with E-state index in [1.54, 1.807) is 6.26 Å². The lowest BCUT2D eigenvalue weighted by molar-refractivity contribution is 0.507. The second kappa shape index (κ2) is 11.2. The van der Waals surface area contributed by atoms with Crippen LogP contribution in [0.3, 0.4) is 0 Å². The number of fused-ring (bicyclic) bond motifs is 1. The Labute approximate surface area is 195 Å². The second-order valence-corrected chi connectivity index (χ2v) is 7.54. The number of rotatable bonds is 7. The van der Waals surface area contributed by atoms with Crippen LogP contribution >= 0.6 is 24.0 Å². The van der Waals surface area contributed by atoms with Crippen LogP contribution in [0.1, 0.15) is 29.0 Å². The minimum absolute atomic E-state index is 0. The molecule has 2 aromatic heterocycles. The lowest BCUT2D eigenvalue weighted by Gasteiger charge is -2.27. The number of hydrogen-bond acceptors (Lipinski definition) is 3. The number of furan rings is 1. The maximum absolute atomic E-state index is 5.43. The molecule has 0 bridgehead atoms. The zero-order chi connectivity index (χ0) is 19.9. The Hall–Kier alpha value is -2.29. The number of aromatic nitrogens is 2. The molecule has 0 saturated heterocycles. The molecule has 3 aromatic rings. The molecule has 4 rings (SSSR count). The van der Waals surface area contributed by atoms with Gasteiger partial charge in [-0.15, -0.1) is 24.0 Å². The van der Waals surface area contributed by atoms with Gasteiger partial charge >= 0.3 is 0 Å². The molecule has 6 nitrogen and oxygen atoms in total. The van der Waals surface area contributed by atoms with Crippen LogP contribution < -0.4 is 10.6 Å². The molecule has 0 radical (unpaired) electrons. The summed E-state index contributed by atoms with van der Waals surface area (Å²) in [7, 11) is 1.98. The van der Waals surface area contributed by atoms with Gasteiger partial charge in [0, 0.05) is 50.9 Å². The van der Waals surface area contributed by atoms with Crippen molar-refractivity contribution in [2.75, 3.05) is 13.1 Å². The average molecular weight is 519 g/mol. The van der Waals surface area contributed by atoms with Crippen molar-refractivity contribution in [3.63, 3.8) is 0 Å². The van der Waals surface area contributed by atoms with Gasteiger partial charge in [0.2, 0.25) is 0 Å². The van der Waals surface area contributed by atoms with Crippen LogP contribution in [0, 0.1) is 0 Å². The standard InChI is InChI=1S/C23H29N5O.HI/c1-28-21(11-15-26-28)10-13-24-23(25-14-12-22-7-4-16-29-22)27-20-9-8-18-5-2-3-6-19(18)17-20;/h2-7,11,15-16,20H,8-10,12-14,17H2,1H3,(H2,24,25,27);1H. The van der Waals surface area contributed by atoms with Crippen molar-refractivity contribution in [3.8, 4) is 0 Å². The van der Waals surface area contributed by atoms with Crippen molar-refractivity contribution in [2.45, 2.75) is 38.1 Å². The van der Waals surface area contributed by atoms with Crippen molar-refractivity contribution < 1.29 is 4.42 Å². The van der Waals surface area contributed by atoms with E-state index in [1.165, 1.54) is 16.8 Å². The van der Waals surface area contributed by atoms with Crippen LogP contribution in [0.25, 0.3) is 0 Å². The normalized spacial score (nSPS) is 15.9. The minimum Gasteiger partial charge on any atom is -0.469 e. The fourth-order valence-corrected chi connectivity index (χ4v) is 3.86. The summed E-state index contributed by atoms with van der Waals surface area (Å²) >= 11 is 0. The summed E-state index contributed by atoms with van der Waals surface area (Å²) in [4.78, 5) is 4.80. The SMILES string of the molecule is Cn1nccc1CCNC(=NCCc1ccco1)NC1CCc2ccccc2C1.I. The monoisotopic (exact) mass is 519 g/mol. The third kappa shape index (κ3) is 6.10. The van der Waals surface area contributed by atoms with E-state index >= 15 is 0 Å². The zero-order valence-corrected chi connectivity index (χ0v) is 19.7. The quantitative estimate of drug-likeness (QED) is 0.285. The van der Waals surface area contributed by atoms with Crippen molar-refractivity contribution in [3.05, 3.63) is 77.5 Å². The molecule has 0 saturated carbocycles. The Kier molecular flexibility index (Phi) is 8.36. The van der Waals surface area contributed by atoms with Crippen LogP contribution in [0.15, 0.2) is 64.3 Å². The van der Waals surface area contributed by atoms with E-state index in [0.717, 1.165) is 50.4 Å². The lowest BCUT2D eigenvalue weighted by Crippen LogP contribution is -2.46. The Morgan fingerprint density at radius 2 is 2.03 bits per heavy atom. The molecule has 1 atom stereocenters. The first-order valence-corrected chi connectivity index (χ1v) is 10.4. The number of aliphatic imine (C=N–C) groups is 1. The molecule has 0 amide bonds. The second-order valence-electron chi connectivity index (χ2n) is 7.54. The van der Waals surface area contributed by atoms with Crippen molar-refractivity contribution in [1.29, 1.82) is 0 Å². The first-order chi connectivity index (χ1) is 14.3. The number of halogens is 1. The Morgan fingerprint density at radius 1 is 1.17 bits per heavy atom. The Morgan fingerprint density at radius 3 is 2.80 bits per heavy atom. The summed E-state index contributed by atoms with van der Waals surface area (Å²) in [5.41, 5.74) is 4.13. The van der Waals surface area contributed by atoms with Crippen molar-refractivity contribution >= 4 is 29.9 Å². The first-order valence-electron chi connectivity index (χ1n) is 10.4. The molecule has 0 aliphatic heterocycles. The topological polar surface area (TPSA) is 67.4 Å². The van der Waals surface area contributed by atoms with Crippen molar-refractivity contribution in [1.82, 2.24) is 20.4 Å². The number of guanidine groups is 1. The number of hydrogen-bond donors (Lipinski definition) is 2. The highest BCUT2D eigenvalue weighted by atomic mass is 127. The predicted octanol–water partition coefficient (Wildman–Crippen LogP) is 3.51. The molecule has 1 aliphatic carbocycles. The number of benzene rings is 1. The van der Waals surface area contributed by atoms with Gasteiger partial charge in [-0.3, -0.25) is 9.67 Å². The molecule has 30 heavy (non-hydrogen) atoms. The van der Waals surface area contributed by atoms with Crippen LogP contribution in [0.4, 0.5) is 0 Å². The van der Waals surface area contributed by atoms with E-state index in [0.29, 0.717) is 12.6 Å². The number of nitrogens with one attached hydrogen (secondary N) is 2. The van der Waals surface area contributed by atoms with Gasteiger partial charge in [-0.25, -0.2) is 0 Å². The minimum atomic E-state index is 0. The van der Waals surface area contributed by atoms with Crippen molar-refractivity contribution in [2.24, 2.45) is 12.0 Å². The van der Waals surface area contributed by atoms with E-state index in [4.69, 9.17) is 9.41 Å². The summed E-state index contributed by atoms with van der Waals surface area (Å²) in [5.74, 6) is 1.85. The van der Waals surface area contributed by atoms with E-state index in [-0.39, 0.29) is 24.0 Å². The van der Waals surface area contributed by atoms with Crippen LogP contribution in [0.5, 0.6) is 0 Å². The summed E-state index contributed by atoms with van der Waals surface area (Å²) in [6.45, 7) is 1.51. The largest absolute Gasteiger partial charge is 0.469 e. The summed E-state index contributed by atoms with van der Waals surface area (Å²) < 4.78 is 7.35. The maximum atomic E-state index is 5.43. The molecule has 2 heterocycles. The van der Waals surface area contributed by atoms with Gasteiger partial charge in [-0.2, -0.15) is 5.10 Å². The van der Waals surface area contributed by atoms with Crippen LogP contribution in [0.2, 0.25) is 0 Å². The van der Waals surface area contributed by atoms with E-state index < -0.39 is 0 Å². The Balaban J connectivity index is 0.00000256. The smallest absolute Gasteiger partial charge is 0.191 e. The molecule has 0 spiro atoms. The third-order valence-corrected chi connectivity index (χ3v) is 5.49. The zero-order valence-electron chi connectivity index (χ0n) is 17.4. The third-order valence-electron chi connectivity index (χ3n) is 5.49. The van der Waals surface area contributed by atoms with Gasteiger partial charge in [0.1, 0.15) is 5.76 Å². The molecule has 7 heteroatoms. The summed E-state index contributed by atoms with van der Waals surface area (Å²) in [5, 5.41) is 11.4. The lowest BCUT2D eigenvalue weighted by atomic mass is 9.88. The van der Waals surface area contributed by atoms with Gasteiger partial charge in [-0.1, -0.05) is 24.3 Å². The van der Waals surface area contributed by atoms with Gasteiger partial charge in [0.25, 0.3) is 0 Å². The predicted molar refractivity (Wildman–Crippen MR) is 130 cm³/mol. The molecule has 1 aromatic carbocycles. The molecule has 1 unspecified atom stereocenters. The summed E-state index contributed by atoms with van der Waals surface area (Å²) in [6, 6.07) is 15.1. The van der Waals surface area contributed by atoms with Gasteiger partial charge in [0.15, 0.2) is 5.96 Å². The molecule has 0 fully saturated rings. The molecule has 1 aliphatic rings. The number of nitrogens with zero attached hydrogens (tertiary/aromatic N) is 3. The van der Waals surface area contributed by atoms with E-state index in [1.807, 2.05) is 30.1 Å². The Bertz CT molecular complexity index is 935. The molecule has 160 valence electrons. The fourth-order valence-electron chi connectivity index (χ4n) is 3.86. The highest BCUT2D eigenvalue weighted by Gasteiger charge is 2.19. The molecule has 2 N–H and O–H groups in total. The van der Waals surface area contributed by atoms with Gasteiger partial charge in [0.05, 0.1) is 6.26 Å². The first kappa shape index (κ1) is 22.4. The van der Waals surface area contributed by atoms with Gasteiger partial charge < -0.3 is 15.1 Å². The average Bonchev–Trinajstić information content (AvgIpc) is 3.40. The highest BCUT2D eigenvalue weighted by molar-refractivity contribution is 14.0. The van der Waals surface area contributed by atoms with Gasteiger partial charge in [-0.05, 0) is 48.6 Å². The molecular weight excluding hydrogens is 489 g/mol. The van der Waals surface area contributed by atoms with E-state index in [9.17, 15) is 0 Å². The summed E-state index contributed by atoms with van der Waals surface area (Å²) in [6.07, 6.45) is 8.53. The maximum Gasteiger partial charge on any atom is 0.191 e. The van der Waals surface area contributed by atoms with Crippen LogP contribution in [-0.2, 0) is 32.7 Å². The number of aryl methyl sites for hydroxylation is 2. The highest BCUT2D eigenvalue weighted by Crippen LogP contribution is 2.20. The van der Waals surface area contributed by atoms with E-state index in [2.05, 4.69) is 46.1 Å².